The first-order valence-electron chi connectivity index (χ1n) is 8.04. The SMILES string of the molecule is CC1CCC(OC(=O)C(N)C2CCCCC2)CC1C. The normalized spacial score (nSPS) is 34.8. The van der Waals surface area contributed by atoms with Crippen LogP contribution < -0.4 is 5.73 Å². The van der Waals surface area contributed by atoms with E-state index in [1.165, 1.54) is 19.3 Å². The highest BCUT2D eigenvalue weighted by Gasteiger charge is 2.31. The molecule has 110 valence electrons. The first-order chi connectivity index (χ1) is 9.08. The zero-order valence-electron chi connectivity index (χ0n) is 12.4. The number of carbonyl (C=O) groups is 1. The predicted molar refractivity (Wildman–Crippen MR) is 76.6 cm³/mol. The molecule has 3 heteroatoms. The van der Waals surface area contributed by atoms with Gasteiger partial charge in [0.2, 0.25) is 0 Å². The average molecular weight is 267 g/mol. The lowest BCUT2D eigenvalue weighted by Gasteiger charge is -2.33. The molecule has 0 spiro atoms. The molecule has 0 aromatic rings. The Morgan fingerprint density at radius 2 is 1.74 bits per heavy atom. The van der Waals surface area contributed by atoms with Crippen LogP contribution in [0.15, 0.2) is 0 Å². The van der Waals surface area contributed by atoms with E-state index in [1.807, 2.05) is 0 Å². The Balaban J connectivity index is 1.79. The Kier molecular flexibility index (Phi) is 5.26. The van der Waals surface area contributed by atoms with Crippen molar-refractivity contribution in [3.05, 3.63) is 0 Å². The summed E-state index contributed by atoms with van der Waals surface area (Å²) >= 11 is 0. The molecule has 4 unspecified atom stereocenters. The second-order valence-corrected chi connectivity index (χ2v) is 6.75. The largest absolute Gasteiger partial charge is 0.461 e. The van der Waals surface area contributed by atoms with Crippen molar-refractivity contribution in [1.82, 2.24) is 0 Å². The van der Waals surface area contributed by atoms with Crippen molar-refractivity contribution in [2.45, 2.75) is 77.4 Å². The highest BCUT2D eigenvalue weighted by molar-refractivity contribution is 5.76. The molecular formula is C16H29NO2. The first-order valence-corrected chi connectivity index (χ1v) is 8.04. The van der Waals surface area contributed by atoms with E-state index in [9.17, 15) is 4.79 Å². The van der Waals surface area contributed by atoms with Crippen LogP contribution in [-0.4, -0.2) is 18.1 Å². The van der Waals surface area contributed by atoms with E-state index in [0.29, 0.717) is 11.8 Å². The van der Waals surface area contributed by atoms with Crippen molar-refractivity contribution in [2.24, 2.45) is 23.5 Å². The number of hydrogen-bond acceptors (Lipinski definition) is 3. The Hall–Kier alpha value is -0.570. The Bertz CT molecular complexity index is 299. The highest BCUT2D eigenvalue weighted by Crippen LogP contribution is 2.32. The quantitative estimate of drug-likeness (QED) is 0.798. The van der Waals surface area contributed by atoms with Crippen LogP contribution in [0.2, 0.25) is 0 Å². The van der Waals surface area contributed by atoms with Gasteiger partial charge in [0.1, 0.15) is 12.1 Å². The van der Waals surface area contributed by atoms with Gasteiger partial charge in [0.25, 0.3) is 0 Å². The minimum absolute atomic E-state index is 0.105. The van der Waals surface area contributed by atoms with Gasteiger partial charge in [-0.2, -0.15) is 0 Å². The third-order valence-electron chi connectivity index (χ3n) is 5.26. The van der Waals surface area contributed by atoms with Gasteiger partial charge >= 0.3 is 5.97 Å². The molecule has 0 saturated heterocycles. The van der Waals surface area contributed by atoms with Crippen LogP contribution in [0.4, 0.5) is 0 Å². The van der Waals surface area contributed by atoms with Crippen LogP contribution in [0.3, 0.4) is 0 Å². The Labute approximate surface area is 117 Å². The van der Waals surface area contributed by atoms with E-state index in [0.717, 1.165) is 38.0 Å². The highest BCUT2D eigenvalue weighted by atomic mass is 16.5. The molecule has 2 saturated carbocycles. The number of esters is 1. The lowest BCUT2D eigenvalue weighted by atomic mass is 9.80. The Morgan fingerprint density at radius 3 is 2.37 bits per heavy atom. The molecule has 3 nitrogen and oxygen atoms in total. The molecule has 2 aliphatic rings. The van der Waals surface area contributed by atoms with Crippen molar-refractivity contribution in [1.29, 1.82) is 0 Å². The van der Waals surface area contributed by atoms with Crippen LogP contribution in [0.1, 0.15) is 65.2 Å². The summed E-state index contributed by atoms with van der Waals surface area (Å²) in [5.41, 5.74) is 6.10. The van der Waals surface area contributed by atoms with Crippen LogP contribution in [0.5, 0.6) is 0 Å². The monoisotopic (exact) mass is 267 g/mol. The molecule has 0 radical (unpaired) electrons. The lowest BCUT2D eigenvalue weighted by Crippen LogP contribution is -2.42. The van der Waals surface area contributed by atoms with Gasteiger partial charge in [0, 0.05) is 0 Å². The van der Waals surface area contributed by atoms with Crippen molar-refractivity contribution in [3.8, 4) is 0 Å². The molecule has 0 bridgehead atoms. The third-order valence-corrected chi connectivity index (χ3v) is 5.26. The van der Waals surface area contributed by atoms with E-state index in [4.69, 9.17) is 10.5 Å². The van der Waals surface area contributed by atoms with Crippen LogP contribution in [0, 0.1) is 17.8 Å². The maximum absolute atomic E-state index is 12.2. The number of hydrogen-bond donors (Lipinski definition) is 1. The molecule has 0 aliphatic heterocycles. The second kappa shape index (κ2) is 6.74. The van der Waals surface area contributed by atoms with Crippen molar-refractivity contribution >= 4 is 5.97 Å². The zero-order valence-corrected chi connectivity index (χ0v) is 12.4. The minimum Gasteiger partial charge on any atom is -0.461 e. The maximum atomic E-state index is 12.2. The minimum atomic E-state index is -0.394. The molecule has 2 fully saturated rings. The molecule has 0 aromatic heterocycles. The predicted octanol–water partition coefficient (Wildman–Crippen LogP) is 3.26. The topological polar surface area (TPSA) is 52.3 Å². The molecule has 0 aromatic carbocycles. The van der Waals surface area contributed by atoms with E-state index >= 15 is 0 Å². The summed E-state index contributed by atoms with van der Waals surface area (Å²) < 4.78 is 5.66. The summed E-state index contributed by atoms with van der Waals surface area (Å²) in [6.45, 7) is 4.54. The van der Waals surface area contributed by atoms with E-state index < -0.39 is 6.04 Å². The fourth-order valence-corrected chi connectivity index (χ4v) is 3.53. The van der Waals surface area contributed by atoms with Gasteiger partial charge in [-0.25, -0.2) is 0 Å². The average Bonchev–Trinajstić information content (AvgIpc) is 2.43. The third kappa shape index (κ3) is 3.95. The van der Waals surface area contributed by atoms with Crippen LogP contribution in [0.25, 0.3) is 0 Å². The summed E-state index contributed by atoms with van der Waals surface area (Å²) in [6, 6.07) is -0.394. The fourth-order valence-electron chi connectivity index (χ4n) is 3.53. The van der Waals surface area contributed by atoms with Gasteiger partial charge in [0.05, 0.1) is 0 Å². The molecule has 2 rings (SSSR count). The van der Waals surface area contributed by atoms with Gasteiger partial charge in [0.15, 0.2) is 0 Å². The van der Waals surface area contributed by atoms with Gasteiger partial charge in [-0.1, -0.05) is 33.1 Å². The number of ether oxygens (including phenoxy) is 1. The fraction of sp³-hybridized carbons (Fsp3) is 0.938. The van der Waals surface area contributed by atoms with Gasteiger partial charge in [-0.15, -0.1) is 0 Å². The summed E-state index contributed by atoms with van der Waals surface area (Å²) in [4.78, 5) is 12.2. The van der Waals surface area contributed by atoms with Crippen molar-refractivity contribution in [3.63, 3.8) is 0 Å². The molecular weight excluding hydrogens is 238 g/mol. The first kappa shape index (κ1) is 14.8. The zero-order chi connectivity index (χ0) is 13.8. The van der Waals surface area contributed by atoms with E-state index in [1.54, 1.807) is 0 Å². The van der Waals surface area contributed by atoms with Gasteiger partial charge in [-0.3, -0.25) is 4.79 Å². The summed E-state index contributed by atoms with van der Waals surface area (Å²) in [7, 11) is 0. The summed E-state index contributed by atoms with van der Waals surface area (Å²) in [5.74, 6) is 1.60. The molecule has 0 amide bonds. The molecule has 19 heavy (non-hydrogen) atoms. The lowest BCUT2D eigenvalue weighted by molar-refractivity contribution is -0.155. The number of nitrogens with two attached hydrogens (primary N) is 1. The van der Waals surface area contributed by atoms with Gasteiger partial charge < -0.3 is 10.5 Å². The van der Waals surface area contributed by atoms with Crippen LogP contribution >= 0.6 is 0 Å². The summed E-state index contributed by atoms with van der Waals surface area (Å²) in [6.07, 6.45) is 9.18. The molecule has 4 atom stereocenters. The van der Waals surface area contributed by atoms with Gasteiger partial charge in [-0.05, 0) is 49.9 Å². The molecule has 0 heterocycles. The van der Waals surface area contributed by atoms with Crippen molar-refractivity contribution in [2.75, 3.05) is 0 Å². The molecule has 2 aliphatic carbocycles. The number of rotatable bonds is 3. The standard InChI is InChI=1S/C16H29NO2/c1-11-8-9-14(10-12(11)2)19-16(18)15(17)13-6-4-3-5-7-13/h11-15H,3-10,17H2,1-2H3. The Morgan fingerprint density at radius 1 is 1.05 bits per heavy atom. The molecule has 2 N–H and O–H groups in total. The summed E-state index contributed by atoms with van der Waals surface area (Å²) in [5, 5.41) is 0. The van der Waals surface area contributed by atoms with E-state index in [2.05, 4.69) is 13.8 Å². The maximum Gasteiger partial charge on any atom is 0.323 e. The number of carbonyl (C=O) groups excluding carboxylic acids is 1. The smallest absolute Gasteiger partial charge is 0.323 e. The second-order valence-electron chi connectivity index (χ2n) is 6.75. The van der Waals surface area contributed by atoms with Crippen LogP contribution in [-0.2, 0) is 9.53 Å². The van der Waals surface area contributed by atoms with Crippen molar-refractivity contribution < 1.29 is 9.53 Å². The van der Waals surface area contributed by atoms with E-state index in [-0.39, 0.29) is 12.1 Å².